The van der Waals surface area contributed by atoms with Crippen LogP contribution in [0.4, 0.5) is 13.2 Å². The zero-order valence-corrected chi connectivity index (χ0v) is 11.8. The molecule has 7 heteroatoms. The average Bonchev–Trinajstić information content (AvgIpc) is 2.43. The van der Waals surface area contributed by atoms with Gasteiger partial charge in [-0.2, -0.15) is 0 Å². The summed E-state index contributed by atoms with van der Waals surface area (Å²) in [6, 6.07) is 5.07. The van der Waals surface area contributed by atoms with E-state index < -0.39 is 23.6 Å². The van der Waals surface area contributed by atoms with Crippen molar-refractivity contribution in [1.29, 1.82) is 0 Å². The van der Waals surface area contributed by atoms with Gasteiger partial charge in [-0.1, -0.05) is 26.0 Å². The van der Waals surface area contributed by atoms with E-state index in [0.29, 0.717) is 12.8 Å². The predicted molar refractivity (Wildman–Crippen MR) is 71.0 cm³/mol. The van der Waals surface area contributed by atoms with E-state index in [2.05, 4.69) is 10.1 Å². The summed E-state index contributed by atoms with van der Waals surface area (Å²) in [7, 11) is 0. The summed E-state index contributed by atoms with van der Waals surface area (Å²) in [4.78, 5) is 12.0. The normalized spacial score (nSPS) is 12.1. The smallest absolute Gasteiger partial charge is 0.405 e. The Hall–Kier alpha value is -1.76. The molecule has 1 aromatic rings. The van der Waals surface area contributed by atoms with Crippen molar-refractivity contribution < 1.29 is 27.8 Å². The maximum atomic E-state index is 12.3. The fourth-order valence-electron chi connectivity index (χ4n) is 1.71. The van der Waals surface area contributed by atoms with Gasteiger partial charge in [0.2, 0.25) is 0 Å². The second kappa shape index (κ2) is 6.80. The van der Waals surface area contributed by atoms with Gasteiger partial charge in [-0.25, -0.2) is 0 Å². The second-order valence-electron chi connectivity index (χ2n) is 4.66. The lowest BCUT2D eigenvalue weighted by Crippen LogP contribution is -2.42. The van der Waals surface area contributed by atoms with Crippen molar-refractivity contribution in [3.8, 4) is 5.75 Å². The van der Waals surface area contributed by atoms with Crippen molar-refractivity contribution in [2.75, 3.05) is 6.54 Å². The number of hydrogen-bond acceptors (Lipinski definition) is 3. The SMILES string of the molecule is CCC(O)(CC)CNC(=O)c1ccccc1OC(F)(F)F. The van der Waals surface area contributed by atoms with Crippen LogP contribution in [-0.2, 0) is 0 Å². The predicted octanol–water partition coefficient (Wildman–Crippen LogP) is 2.87. The highest BCUT2D eigenvalue weighted by Gasteiger charge is 2.33. The first-order valence-electron chi connectivity index (χ1n) is 6.56. The van der Waals surface area contributed by atoms with Crippen molar-refractivity contribution in [3.05, 3.63) is 29.8 Å². The van der Waals surface area contributed by atoms with Crippen molar-refractivity contribution >= 4 is 5.91 Å². The number of benzene rings is 1. The molecule has 0 spiro atoms. The number of carbonyl (C=O) groups excluding carboxylic acids is 1. The molecule has 1 aromatic carbocycles. The Labute approximate surface area is 120 Å². The maximum absolute atomic E-state index is 12.3. The first kappa shape index (κ1) is 17.3. The summed E-state index contributed by atoms with van der Waals surface area (Å²) in [5, 5.41) is 12.5. The van der Waals surface area contributed by atoms with Gasteiger partial charge < -0.3 is 15.2 Å². The number of carbonyl (C=O) groups is 1. The molecule has 0 fully saturated rings. The summed E-state index contributed by atoms with van der Waals surface area (Å²) < 4.78 is 40.6. The van der Waals surface area contributed by atoms with Gasteiger partial charge in [0.05, 0.1) is 11.2 Å². The molecular formula is C14H18F3NO3. The van der Waals surface area contributed by atoms with E-state index in [9.17, 15) is 23.1 Å². The molecular weight excluding hydrogens is 287 g/mol. The molecule has 0 aliphatic carbocycles. The van der Waals surface area contributed by atoms with E-state index in [0.717, 1.165) is 6.07 Å². The summed E-state index contributed by atoms with van der Waals surface area (Å²) in [5.74, 6) is -1.30. The van der Waals surface area contributed by atoms with Gasteiger partial charge in [0.15, 0.2) is 0 Å². The number of amides is 1. The van der Waals surface area contributed by atoms with Gasteiger partial charge in [-0.3, -0.25) is 4.79 Å². The van der Waals surface area contributed by atoms with Gasteiger partial charge in [-0.05, 0) is 25.0 Å². The monoisotopic (exact) mass is 305 g/mol. The minimum absolute atomic E-state index is 0.0425. The van der Waals surface area contributed by atoms with E-state index in [1.807, 2.05) is 0 Å². The number of rotatable bonds is 6. The average molecular weight is 305 g/mol. The molecule has 21 heavy (non-hydrogen) atoms. The summed E-state index contributed by atoms with van der Waals surface area (Å²) in [6.07, 6.45) is -4.03. The number of hydrogen-bond donors (Lipinski definition) is 2. The van der Waals surface area contributed by atoms with E-state index in [4.69, 9.17) is 0 Å². The molecule has 118 valence electrons. The van der Waals surface area contributed by atoms with Crippen LogP contribution in [0, 0.1) is 0 Å². The molecule has 0 unspecified atom stereocenters. The fraction of sp³-hybridized carbons (Fsp3) is 0.500. The van der Waals surface area contributed by atoms with Crippen LogP contribution in [-0.4, -0.2) is 29.5 Å². The second-order valence-corrected chi connectivity index (χ2v) is 4.66. The molecule has 0 aliphatic rings. The third-order valence-electron chi connectivity index (χ3n) is 3.25. The Kier molecular flexibility index (Phi) is 5.60. The molecule has 4 nitrogen and oxygen atoms in total. The summed E-state index contributed by atoms with van der Waals surface area (Å²) >= 11 is 0. The first-order valence-corrected chi connectivity index (χ1v) is 6.56. The van der Waals surface area contributed by atoms with Crippen LogP contribution in [0.1, 0.15) is 37.0 Å². The van der Waals surface area contributed by atoms with Crippen LogP contribution < -0.4 is 10.1 Å². The lowest BCUT2D eigenvalue weighted by molar-refractivity contribution is -0.274. The topological polar surface area (TPSA) is 58.6 Å². The highest BCUT2D eigenvalue weighted by Crippen LogP contribution is 2.26. The third kappa shape index (κ3) is 5.26. The summed E-state index contributed by atoms with van der Waals surface area (Å²) in [6.45, 7) is 3.48. The molecule has 1 rings (SSSR count). The van der Waals surface area contributed by atoms with Crippen LogP contribution >= 0.6 is 0 Å². The molecule has 0 saturated heterocycles. The number of aliphatic hydroxyl groups is 1. The van der Waals surface area contributed by atoms with Crippen LogP contribution in [0.5, 0.6) is 5.75 Å². The third-order valence-corrected chi connectivity index (χ3v) is 3.25. The minimum Gasteiger partial charge on any atom is -0.405 e. The zero-order valence-electron chi connectivity index (χ0n) is 11.8. The van der Waals surface area contributed by atoms with Crippen molar-refractivity contribution in [3.63, 3.8) is 0 Å². The Morgan fingerprint density at radius 2 is 1.81 bits per heavy atom. The van der Waals surface area contributed by atoms with Crippen molar-refractivity contribution in [1.82, 2.24) is 5.32 Å². The van der Waals surface area contributed by atoms with Crippen LogP contribution in [0.2, 0.25) is 0 Å². The highest BCUT2D eigenvalue weighted by molar-refractivity contribution is 5.96. The van der Waals surface area contributed by atoms with Gasteiger partial charge in [0.25, 0.3) is 5.91 Å². The molecule has 2 N–H and O–H groups in total. The minimum atomic E-state index is -4.87. The molecule has 0 saturated carbocycles. The molecule has 0 radical (unpaired) electrons. The van der Waals surface area contributed by atoms with E-state index in [1.165, 1.54) is 18.2 Å². The summed E-state index contributed by atoms with van der Waals surface area (Å²) in [5.41, 5.74) is -1.31. The van der Waals surface area contributed by atoms with Crippen LogP contribution in [0.25, 0.3) is 0 Å². The number of halogens is 3. The lowest BCUT2D eigenvalue weighted by Gasteiger charge is -2.25. The van der Waals surface area contributed by atoms with Crippen molar-refractivity contribution in [2.45, 2.75) is 38.7 Å². The lowest BCUT2D eigenvalue weighted by atomic mass is 9.97. The molecule has 0 aliphatic heterocycles. The van der Waals surface area contributed by atoms with Crippen LogP contribution in [0.15, 0.2) is 24.3 Å². The van der Waals surface area contributed by atoms with Gasteiger partial charge in [0.1, 0.15) is 5.75 Å². The Morgan fingerprint density at radius 1 is 1.24 bits per heavy atom. The molecule has 1 amide bonds. The first-order chi connectivity index (χ1) is 9.71. The standard InChI is InChI=1S/C14H18F3NO3/c1-3-13(20,4-2)9-18-12(19)10-7-5-6-8-11(10)21-14(15,16)17/h5-8,20H,3-4,9H2,1-2H3,(H,18,19). The van der Waals surface area contributed by atoms with E-state index in [1.54, 1.807) is 13.8 Å². The Balaban J connectivity index is 2.84. The van der Waals surface area contributed by atoms with E-state index >= 15 is 0 Å². The van der Waals surface area contributed by atoms with Gasteiger partial charge in [-0.15, -0.1) is 13.2 Å². The molecule has 0 atom stereocenters. The van der Waals surface area contributed by atoms with E-state index in [-0.39, 0.29) is 12.1 Å². The molecule has 0 aromatic heterocycles. The number of nitrogens with one attached hydrogen (secondary N) is 1. The van der Waals surface area contributed by atoms with Gasteiger partial charge in [0, 0.05) is 6.54 Å². The number of para-hydroxylation sites is 1. The van der Waals surface area contributed by atoms with Crippen molar-refractivity contribution in [2.24, 2.45) is 0 Å². The quantitative estimate of drug-likeness (QED) is 0.849. The van der Waals surface area contributed by atoms with Crippen LogP contribution in [0.3, 0.4) is 0 Å². The number of alkyl halides is 3. The molecule has 0 heterocycles. The van der Waals surface area contributed by atoms with Gasteiger partial charge >= 0.3 is 6.36 Å². The Bertz CT molecular complexity index is 485. The highest BCUT2D eigenvalue weighted by atomic mass is 19.4. The Morgan fingerprint density at radius 3 is 2.33 bits per heavy atom. The number of ether oxygens (including phenoxy) is 1. The fourth-order valence-corrected chi connectivity index (χ4v) is 1.71. The molecule has 0 bridgehead atoms. The zero-order chi connectivity index (χ0) is 16.1. The maximum Gasteiger partial charge on any atom is 0.573 e. The largest absolute Gasteiger partial charge is 0.573 e.